The predicted molar refractivity (Wildman–Crippen MR) is 57.4 cm³/mol. The SMILES string of the molecule is O=C([C@@H]1CCCNC1)N1CCC(CO)C1. The van der Waals surface area contributed by atoms with Crippen molar-refractivity contribution in [3.8, 4) is 0 Å². The Morgan fingerprint density at radius 3 is 2.93 bits per heavy atom. The Morgan fingerprint density at radius 2 is 2.33 bits per heavy atom. The second-order valence-corrected chi connectivity index (χ2v) is 4.66. The number of carbonyl (C=O) groups is 1. The van der Waals surface area contributed by atoms with E-state index in [2.05, 4.69) is 5.32 Å². The van der Waals surface area contributed by atoms with Gasteiger partial charge in [-0.3, -0.25) is 4.79 Å². The second kappa shape index (κ2) is 4.94. The molecule has 0 aromatic rings. The molecule has 2 fully saturated rings. The number of hydrogen-bond acceptors (Lipinski definition) is 3. The van der Waals surface area contributed by atoms with E-state index in [0.717, 1.165) is 45.4 Å². The van der Waals surface area contributed by atoms with Gasteiger partial charge < -0.3 is 15.3 Å². The van der Waals surface area contributed by atoms with Crippen LogP contribution in [0.2, 0.25) is 0 Å². The number of piperidine rings is 1. The van der Waals surface area contributed by atoms with Crippen molar-refractivity contribution in [2.45, 2.75) is 19.3 Å². The molecule has 4 heteroatoms. The number of hydrogen-bond donors (Lipinski definition) is 2. The van der Waals surface area contributed by atoms with Crippen LogP contribution in [0, 0.1) is 11.8 Å². The molecule has 2 rings (SSSR count). The van der Waals surface area contributed by atoms with Crippen molar-refractivity contribution in [1.29, 1.82) is 0 Å². The third-order valence-corrected chi connectivity index (χ3v) is 3.50. The van der Waals surface area contributed by atoms with Crippen molar-refractivity contribution in [1.82, 2.24) is 10.2 Å². The van der Waals surface area contributed by atoms with E-state index in [9.17, 15) is 4.79 Å². The van der Waals surface area contributed by atoms with Gasteiger partial charge in [0.15, 0.2) is 0 Å². The van der Waals surface area contributed by atoms with Crippen molar-refractivity contribution in [2.75, 3.05) is 32.8 Å². The standard InChI is InChI=1S/C11H20N2O2/c14-8-9-3-5-13(7-9)11(15)10-2-1-4-12-6-10/h9-10,12,14H,1-8H2/t9?,10-/m1/s1. The molecule has 2 aliphatic rings. The largest absolute Gasteiger partial charge is 0.396 e. The van der Waals surface area contributed by atoms with Crippen LogP contribution in [-0.4, -0.2) is 48.7 Å². The lowest BCUT2D eigenvalue weighted by atomic mass is 9.98. The minimum atomic E-state index is 0.177. The zero-order valence-electron chi connectivity index (χ0n) is 9.11. The first-order chi connectivity index (χ1) is 7.31. The van der Waals surface area contributed by atoms with Crippen molar-refractivity contribution in [3.63, 3.8) is 0 Å². The lowest BCUT2D eigenvalue weighted by Crippen LogP contribution is -2.42. The molecule has 2 atom stereocenters. The molecular formula is C11H20N2O2. The summed E-state index contributed by atoms with van der Waals surface area (Å²) in [5.74, 6) is 0.778. The maximum absolute atomic E-state index is 12.1. The molecule has 0 radical (unpaired) electrons. The van der Waals surface area contributed by atoms with Gasteiger partial charge in [0.1, 0.15) is 0 Å². The van der Waals surface area contributed by atoms with E-state index in [0.29, 0.717) is 5.92 Å². The van der Waals surface area contributed by atoms with Crippen LogP contribution < -0.4 is 5.32 Å². The first kappa shape index (κ1) is 10.9. The maximum atomic E-state index is 12.1. The van der Waals surface area contributed by atoms with Gasteiger partial charge in [0.2, 0.25) is 5.91 Å². The van der Waals surface area contributed by atoms with Crippen molar-refractivity contribution in [3.05, 3.63) is 0 Å². The Bertz CT molecular complexity index is 227. The molecule has 86 valence electrons. The van der Waals surface area contributed by atoms with Crippen LogP contribution in [0.3, 0.4) is 0 Å². The summed E-state index contributed by atoms with van der Waals surface area (Å²) in [5.41, 5.74) is 0. The molecule has 2 aliphatic heterocycles. The molecule has 15 heavy (non-hydrogen) atoms. The van der Waals surface area contributed by atoms with Crippen LogP contribution in [0.1, 0.15) is 19.3 Å². The van der Waals surface area contributed by atoms with E-state index < -0.39 is 0 Å². The predicted octanol–water partition coefficient (Wildman–Crippen LogP) is -0.173. The monoisotopic (exact) mass is 212 g/mol. The number of amides is 1. The van der Waals surface area contributed by atoms with Gasteiger partial charge in [-0.1, -0.05) is 0 Å². The average molecular weight is 212 g/mol. The van der Waals surface area contributed by atoms with E-state index in [1.165, 1.54) is 0 Å². The topological polar surface area (TPSA) is 52.6 Å². The minimum absolute atomic E-state index is 0.177. The van der Waals surface area contributed by atoms with Crippen LogP contribution in [0.25, 0.3) is 0 Å². The molecule has 0 bridgehead atoms. The Labute approximate surface area is 90.6 Å². The van der Waals surface area contributed by atoms with E-state index >= 15 is 0 Å². The zero-order valence-corrected chi connectivity index (χ0v) is 9.11. The number of aliphatic hydroxyl groups excluding tert-OH is 1. The van der Waals surface area contributed by atoms with Crippen LogP contribution >= 0.6 is 0 Å². The summed E-state index contributed by atoms with van der Waals surface area (Å²) in [5, 5.41) is 12.3. The highest BCUT2D eigenvalue weighted by atomic mass is 16.3. The van der Waals surface area contributed by atoms with Crippen LogP contribution in [0.15, 0.2) is 0 Å². The van der Waals surface area contributed by atoms with Crippen LogP contribution in [0.4, 0.5) is 0 Å². The third-order valence-electron chi connectivity index (χ3n) is 3.50. The number of nitrogens with one attached hydrogen (secondary N) is 1. The smallest absolute Gasteiger partial charge is 0.226 e. The van der Waals surface area contributed by atoms with Gasteiger partial charge in [0, 0.05) is 32.2 Å². The Balaban J connectivity index is 1.85. The molecule has 2 saturated heterocycles. The Morgan fingerprint density at radius 1 is 1.47 bits per heavy atom. The molecule has 0 spiro atoms. The van der Waals surface area contributed by atoms with Crippen molar-refractivity contribution in [2.24, 2.45) is 11.8 Å². The molecule has 4 nitrogen and oxygen atoms in total. The normalized spacial score (nSPS) is 31.9. The van der Waals surface area contributed by atoms with E-state index in [1.54, 1.807) is 0 Å². The van der Waals surface area contributed by atoms with Crippen molar-refractivity contribution >= 4 is 5.91 Å². The number of nitrogens with zero attached hydrogens (tertiary/aromatic N) is 1. The highest BCUT2D eigenvalue weighted by Gasteiger charge is 2.30. The molecule has 1 amide bonds. The lowest BCUT2D eigenvalue weighted by Gasteiger charge is -2.26. The fraction of sp³-hybridized carbons (Fsp3) is 0.909. The summed E-state index contributed by atoms with van der Waals surface area (Å²) in [6, 6.07) is 0. The summed E-state index contributed by atoms with van der Waals surface area (Å²) in [4.78, 5) is 14.0. The van der Waals surface area contributed by atoms with Gasteiger partial charge in [-0.25, -0.2) is 0 Å². The first-order valence-electron chi connectivity index (χ1n) is 5.91. The van der Waals surface area contributed by atoms with Gasteiger partial charge in [-0.05, 0) is 25.8 Å². The molecular weight excluding hydrogens is 192 g/mol. The zero-order chi connectivity index (χ0) is 10.7. The highest BCUT2D eigenvalue weighted by Crippen LogP contribution is 2.20. The summed E-state index contributed by atoms with van der Waals surface area (Å²) < 4.78 is 0. The maximum Gasteiger partial charge on any atom is 0.226 e. The van der Waals surface area contributed by atoms with Gasteiger partial charge in [0.25, 0.3) is 0 Å². The molecule has 2 heterocycles. The van der Waals surface area contributed by atoms with Gasteiger partial charge in [0.05, 0.1) is 5.92 Å². The quantitative estimate of drug-likeness (QED) is 0.668. The summed E-state index contributed by atoms with van der Waals surface area (Å²) in [6.07, 6.45) is 3.09. The number of carbonyl (C=O) groups excluding carboxylic acids is 1. The van der Waals surface area contributed by atoms with E-state index in [4.69, 9.17) is 5.11 Å². The minimum Gasteiger partial charge on any atom is -0.396 e. The summed E-state index contributed by atoms with van der Waals surface area (Å²) >= 11 is 0. The fourth-order valence-electron chi connectivity index (χ4n) is 2.50. The number of likely N-dealkylation sites (tertiary alicyclic amines) is 1. The average Bonchev–Trinajstić information content (AvgIpc) is 2.78. The molecule has 2 N–H and O–H groups in total. The Kier molecular flexibility index (Phi) is 3.59. The van der Waals surface area contributed by atoms with Crippen LogP contribution in [-0.2, 0) is 4.79 Å². The fourth-order valence-corrected chi connectivity index (χ4v) is 2.50. The number of aliphatic hydroxyl groups is 1. The molecule has 0 aromatic carbocycles. The molecule has 0 aromatic heterocycles. The molecule has 1 unspecified atom stereocenters. The van der Waals surface area contributed by atoms with Gasteiger partial charge >= 0.3 is 0 Å². The summed E-state index contributed by atoms with van der Waals surface area (Å²) in [7, 11) is 0. The molecule has 0 aliphatic carbocycles. The van der Waals surface area contributed by atoms with E-state index in [1.807, 2.05) is 4.90 Å². The third kappa shape index (κ3) is 2.49. The summed E-state index contributed by atoms with van der Waals surface area (Å²) in [6.45, 7) is 3.68. The Hall–Kier alpha value is -0.610. The number of rotatable bonds is 2. The van der Waals surface area contributed by atoms with E-state index in [-0.39, 0.29) is 18.4 Å². The lowest BCUT2D eigenvalue weighted by molar-refractivity contribution is -0.135. The van der Waals surface area contributed by atoms with Crippen molar-refractivity contribution < 1.29 is 9.90 Å². The van der Waals surface area contributed by atoms with Crippen LogP contribution in [0.5, 0.6) is 0 Å². The van der Waals surface area contributed by atoms with Gasteiger partial charge in [-0.2, -0.15) is 0 Å². The molecule has 0 saturated carbocycles. The second-order valence-electron chi connectivity index (χ2n) is 4.66. The highest BCUT2D eigenvalue weighted by molar-refractivity contribution is 5.79. The first-order valence-corrected chi connectivity index (χ1v) is 5.91. The van der Waals surface area contributed by atoms with Gasteiger partial charge in [-0.15, -0.1) is 0 Å².